The predicted molar refractivity (Wildman–Crippen MR) is 81.1 cm³/mol. The Morgan fingerprint density at radius 2 is 1.96 bits per heavy atom. The second-order valence-corrected chi connectivity index (χ2v) is 7.14. The van der Waals surface area contributed by atoms with E-state index in [1.807, 2.05) is 0 Å². The first-order valence-corrected chi connectivity index (χ1v) is 8.31. The van der Waals surface area contributed by atoms with Gasteiger partial charge in [-0.15, -0.1) is 0 Å². The third-order valence-electron chi connectivity index (χ3n) is 3.14. The molecule has 1 heterocycles. The van der Waals surface area contributed by atoms with Gasteiger partial charge in [-0.25, -0.2) is 8.42 Å². The Balaban J connectivity index is 2.21. The van der Waals surface area contributed by atoms with E-state index in [2.05, 4.69) is 10.5 Å². The fourth-order valence-electron chi connectivity index (χ4n) is 1.99. The summed E-state index contributed by atoms with van der Waals surface area (Å²) in [5.74, 6) is -0.275. The van der Waals surface area contributed by atoms with Gasteiger partial charge in [-0.2, -0.15) is 17.5 Å². The van der Waals surface area contributed by atoms with Crippen molar-refractivity contribution in [1.82, 2.24) is 9.46 Å². The molecule has 0 bridgehead atoms. The van der Waals surface area contributed by atoms with Gasteiger partial charge < -0.3 is 9.84 Å². The monoisotopic (exact) mass is 377 g/mol. The zero-order valence-corrected chi connectivity index (χ0v) is 14.0. The van der Waals surface area contributed by atoms with E-state index in [4.69, 9.17) is 4.52 Å². The van der Waals surface area contributed by atoms with E-state index in [0.29, 0.717) is 16.1 Å². The van der Waals surface area contributed by atoms with Crippen LogP contribution in [-0.4, -0.2) is 37.4 Å². The molecular weight excluding hydrogens is 363 g/mol. The van der Waals surface area contributed by atoms with Crippen LogP contribution in [0.2, 0.25) is 0 Å². The molecule has 0 radical (unpaired) electrons. The van der Waals surface area contributed by atoms with Crippen LogP contribution in [0.3, 0.4) is 0 Å². The summed E-state index contributed by atoms with van der Waals surface area (Å²) in [5, 5.41) is 5.80. The minimum atomic E-state index is -4.84. The maximum atomic E-state index is 13.0. The number of likely N-dealkylation sites (N-methyl/N-ethyl adjacent to an activating group) is 1. The summed E-state index contributed by atoms with van der Waals surface area (Å²) in [4.78, 5) is 10.9. The Morgan fingerprint density at radius 3 is 2.52 bits per heavy atom. The van der Waals surface area contributed by atoms with Crippen molar-refractivity contribution in [1.29, 1.82) is 0 Å². The molecule has 0 spiro atoms. The molecule has 1 aromatic heterocycles. The lowest BCUT2D eigenvalue weighted by Gasteiger charge is -2.19. The van der Waals surface area contributed by atoms with Crippen molar-refractivity contribution in [3.8, 4) is 0 Å². The summed E-state index contributed by atoms with van der Waals surface area (Å²) >= 11 is 0. The molecule has 0 aliphatic heterocycles. The normalized spacial score (nSPS) is 12.4. The number of aromatic nitrogens is 1. The van der Waals surface area contributed by atoms with Gasteiger partial charge >= 0.3 is 6.18 Å². The number of sulfonamides is 1. The zero-order valence-electron chi connectivity index (χ0n) is 13.2. The molecule has 0 aliphatic carbocycles. The summed E-state index contributed by atoms with van der Waals surface area (Å²) in [5.41, 5.74) is -1.30. The second kappa shape index (κ2) is 6.84. The zero-order chi connectivity index (χ0) is 18.8. The Morgan fingerprint density at radius 1 is 1.32 bits per heavy atom. The highest BCUT2D eigenvalue weighted by molar-refractivity contribution is 7.89. The maximum Gasteiger partial charge on any atom is 0.417 e. The molecule has 25 heavy (non-hydrogen) atoms. The number of benzene rings is 1. The predicted octanol–water partition coefficient (Wildman–Crippen LogP) is 2.26. The summed E-state index contributed by atoms with van der Waals surface area (Å²) < 4.78 is 69.1. The Hall–Kier alpha value is -2.40. The minimum absolute atomic E-state index is 0.0731. The van der Waals surface area contributed by atoms with Crippen molar-refractivity contribution >= 4 is 21.7 Å². The summed E-state index contributed by atoms with van der Waals surface area (Å²) in [6.45, 7) is 0.897. The van der Waals surface area contributed by atoms with Gasteiger partial charge in [0.1, 0.15) is 5.76 Å². The average Bonchev–Trinajstić information content (AvgIpc) is 2.91. The maximum absolute atomic E-state index is 13.0. The molecule has 0 aliphatic rings. The first-order valence-electron chi connectivity index (χ1n) is 6.87. The number of anilines is 1. The van der Waals surface area contributed by atoms with E-state index >= 15 is 0 Å². The Kier molecular flexibility index (Phi) is 5.18. The number of nitrogens with zero attached hydrogens (tertiary/aromatic N) is 2. The van der Waals surface area contributed by atoms with Crippen LogP contribution in [0.4, 0.5) is 19.0 Å². The Labute approximate surface area is 141 Å². The molecule has 1 aromatic carbocycles. The smallest absolute Gasteiger partial charge is 0.360 e. The van der Waals surface area contributed by atoms with Crippen LogP contribution in [0.1, 0.15) is 11.3 Å². The van der Waals surface area contributed by atoms with E-state index < -0.39 is 39.1 Å². The number of alkyl halides is 3. The number of hydrogen-bond acceptors (Lipinski definition) is 5. The van der Waals surface area contributed by atoms with Crippen molar-refractivity contribution in [3.63, 3.8) is 0 Å². The molecule has 1 N–H and O–H groups in total. The summed E-state index contributed by atoms with van der Waals surface area (Å²) in [7, 11) is -3.52. The fourth-order valence-corrected chi connectivity index (χ4v) is 3.32. The van der Waals surface area contributed by atoms with Crippen LogP contribution in [0.15, 0.2) is 39.8 Å². The van der Waals surface area contributed by atoms with E-state index in [1.54, 1.807) is 6.92 Å². The van der Waals surface area contributed by atoms with Crippen LogP contribution in [0.5, 0.6) is 0 Å². The topological polar surface area (TPSA) is 92.5 Å². The molecule has 7 nitrogen and oxygen atoms in total. The molecule has 2 aromatic rings. The highest BCUT2D eigenvalue weighted by Crippen LogP contribution is 2.34. The van der Waals surface area contributed by atoms with Crippen LogP contribution >= 0.6 is 0 Å². The largest absolute Gasteiger partial charge is 0.417 e. The average molecular weight is 377 g/mol. The first-order chi connectivity index (χ1) is 11.5. The van der Waals surface area contributed by atoms with Gasteiger partial charge in [-0.3, -0.25) is 4.79 Å². The molecule has 136 valence electrons. The number of rotatable bonds is 5. The summed E-state index contributed by atoms with van der Waals surface area (Å²) in [6.07, 6.45) is -4.84. The van der Waals surface area contributed by atoms with Gasteiger partial charge in [0.2, 0.25) is 15.9 Å². The molecule has 1 amide bonds. The molecular formula is C14H14F3N3O4S. The Bertz CT molecular complexity index is 877. The van der Waals surface area contributed by atoms with Crippen LogP contribution < -0.4 is 5.32 Å². The fraction of sp³-hybridized carbons (Fsp3) is 0.286. The lowest BCUT2D eigenvalue weighted by Crippen LogP contribution is -2.35. The number of nitrogens with one attached hydrogen (secondary N) is 1. The van der Waals surface area contributed by atoms with E-state index in [1.165, 1.54) is 12.1 Å². The second-order valence-electron chi connectivity index (χ2n) is 5.13. The first kappa shape index (κ1) is 18.9. The van der Waals surface area contributed by atoms with Gasteiger partial charge in [0.05, 0.1) is 17.0 Å². The van der Waals surface area contributed by atoms with E-state index in [0.717, 1.165) is 19.2 Å². The van der Waals surface area contributed by atoms with Gasteiger partial charge in [0.15, 0.2) is 5.82 Å². The molecule has 0 atom stereocenters. The molecule has 2 rings (SSSR count). The van der Waals surface area contributed by atoms with Crippen LogP contribution in [-0.2, 0) is 21.0 Å². The highest BCUT2D eigenvalue weighted by Gasteiger charge is 2.38. The third-order valence-corrected chi connectivity index (χ3v) is 5.00. The summed E-state index contributed by atoms with van der Waals surface area (Å²) in [6, 6.07) is 5.17. The van der Waals surface area contributed by atoms with Crippen molar-refractivity contribution in [3.05, 3.63) is 41.7 Å². The van der Waals surface area contributed by atoms with Gasteiger partial charge in [0.25, 0.3) is 0 Å². The highest BCUT2D eigenvalue weighted by atomic mass is 32.2. The van der Waals surface area contributed by atoms with Crippen LogP contribution in [0, 0.1) is 6.92 Å². The number of carbonyl (C=O) groups excluding carboxylic acids is 1. The number of hydrogen-bond donors (Lipinski definition) is 1. The third kappa shape index (κ3) is 4.37. The number of halogens is 3. The van der Waals surface area contributed by atoms with E-state index in [9.17, 15) is 26.4 Å². The number of aryl methyl sites for hydroxylation is 1. The lowest BCUT2D eigenvalue weighted by molar-refractivity contribution is -0.139. The number of amides is 1. The molecule has 0 unspecified atom stereocenters. The molecule has 0 saturated carbocycles. The quantitative estimate of drug-likeness (QED) is 0.863. The number of carbonyl (C=O) groups is 1. The minimum Gasteiger partial charge on any atom is -0.360 e. The van der Waals surface area contributed by atoms with Crippen molar-refractivity contribution in [2.75, 3.05) is 18.9 Å². The van der Waals surface area contributed by atoms with Gasteiger partial charge in [-0.1, -0.05) is 17.3 Å². The van der Waals surface area contributed by atoms with Crippen molar-refractivity contribution in [2.24, 2.45) is 0 Å². The molecule has 0 fully saturated rings. The van der Waals surface area contributed by atoms with E-state index in [-0.39, 0.29) is 5.82 Å². The van der Waals surface area contributed by atoms with Crippen LogP contribution in [0.25, 0.3) is 0 Å². The standard InChI is InChI=1S/C14H14F3N3O4S/c1-9-7-12(19-24-9)18-13(21)8-20(2)25(22,23)11-6-4-3-5-10(11)14(15,16)17/h3-7H,8H2,1-2H3,(H,18,19,21). The SMILES string of the molecule is Cc1cc(NC(=O)CN(C)S(=O)(=O)c2ccccc2C(F)(F)F)no1. The van der Waals surface area contributed by atoms with Gasteiger partial charge in [0, 0.05) is 13.1 Å². The lowest BCUT2D eigenvalue weighted by atomic mass is 10.2. The van der Waals surface area contributed by atoms with Gasteiger partial charge in [-0.05, 0) is 19.1 Å². The van der Waals surface area contributed by atoms with Crippen molar-refractivity contribution < 1.29 is 30.9 Å². The molecule has 11 heteroatoms. The van der Waals surface area contributed by atoms with Crippen molar-refractivity contribution in [2.45, 2.75) is 18.0 Å². The molecule has 0 saturated heterocycles.